The van der Waals surface area contributed by atoms with Gasteiger partial charge in [-0.05, 0) is 18.1 Å². The summed E-state index contributed by atoms with van der Waals surface area (Å²) in [6, 6.07) is 7.63. The number of likely N-dealkylation sites (N-methyl/N-ethyl adjacent to an activating group) is 1. The lowest BCUT2D eigenvalue weighted by molar-refractivity contribution is -0.127. The van der Waals surface area contributed by atoms with Crippen LogP contribution >= 0.6 is 23.2 Å². The number of benzene rings is 1. The summed E-state index contributed by atoms with van der Waals surface area (Å²) in [5.74, 6) is -0.0392. The Bertz CT molecular complexity index is 341. The van der Waals surface area contributed by atoms with E-state index in [0.29, 0.717) is 6.54 Å². The van der Waals surface area contributed by atoms with Gasteiger partial charge in [0.25, 0.3) is 0 Å². The molecule has 2 nitrogen and oxygen atoms in total. The molecule has 0 spiro atoms. The number of rotatable bonds is 4. The van der Waals surface area contributed by atoms with Gasteiger partial charge < -0.3 is 4.90 Å². The van der Waals surface area contributed by atoms with Crippen molar-refractivity contribution in [2.45, 2.75) is 6.42 Å². The van der Waals surface area contributed by atoms with Gasteiger partial charge in [0.2, 0.25) is 5.91 Å². The molecule has 1 rings (SSSR count). The van der Waals surface area contributed by atoms with Crippen molar-refractivity contribution < 1.29 is 4.79 Å². The van der Waals surface area contributed by atoms with Crippen LogP contribution in [0.5, 0.6) is 0 Å². The van der Waals surface area contributed by atoms with Crippen LogP contribution in [0.4, 0.5) is 0 Å². The van der Waals surface area contributed by atoms with Gasteiger partial charge in [0.1, 0.15) is 5.88 Å². The molecule has 0 aromatic heterocycles. The summed E-state index contributed by atoms with van der Waals surface area (Å²) in [6.07, 6.45) is 0.749. The van der Waals surface area contributed by atoms with Crippen LogP contribution in [0.2, 0.25) is 5.02 Å². The fourth-order valence-corrected chi connectivity index (χ4v) is 1.65. The molecule has 0 atom stereocenters. The zero-order chi connectivity index (χ0) is 11.3. The van der Waals surface area contributed by atoms with Crippen LogP contribution < -0.4 is 0 Å². The van der Waals surface area contributed by atoms with Gasteiger partial charge in [-0.15, -0.1) is 11.6 Å². The lowest BCUT2D eigenvalue weighted by Crippen LogP contribution is -2.29. The number of nitrogens with zero attached hydrogens (tertiary/aromatic N) is 1. The van der Waals surface area contributed by atoms with Crippen LogP contribution in [-0.4, -0.2) is 30.3 Å². The number of hydrogen-bond acceptors (Lipinski definition) is 1. The Morgan fingerprint density at radius 1 is 1.40 bits per heavy atom. The summed E-state index contributed by atoms with van der Waals surface area (Å²) in [6.45, 7) is 0.634. The Kier molecular flexibility index (Phi) is 4.92. The summed E-state index contributed by atoms with van der Waals surface area (Å²) in [5.41, 5.74) is 1.05. The predicted octanol–water partition coefficient (Wildman–Crippen LogP) is 2.58. The Hall–Kier alpha value is -0.730. The molecule has 1 amide bonds. The molecule has 82 valence electrons. The van der Waals surface area contributed by atoms with E-state index in [1.807, 2.05) is 24.3 Å². The van der Waals surface area contributed by atoms with Gasteiger partial charge in [-0.25, -0.2) is 0 Å². The van der Waals surface area contributed by atoms with E-state index in [9.17, 15) is 4.79 Å². The molecule has 4 heteroatoms. The molecule has 0 radical (unpaired) electrons. The first-order valence-electron chi connectivity index (χ1n) is 4.68. The van der Waals surface area contributed by atoms with Gasteiger partial charge in [0.15, 0.2) is 0 Å². The summed E-state index contributed by atoms with van der Waals surface area (Å²) in [7, 11) is 1.74. The number of halogens is 2. The average Bonchev–Trinajstić information content (AvgIpc) is 2.26. The number of carbonyl (C=O) groups is 1. The maximum atomic E-state index is 11.2. The molecule has 15 heavy (non-hydrogen) atoms. The molecule has 0 bridgehead atoms. The van der Waals surface area contributed by atoms with E-state index in [-0.39, 0.29) is 11.8 Å². The van der Waals surface area contributed by atoms with E-state index < -0.39 is 0 Å². The maximum absolute atomic E-state index is 11.2. The van der Waals surface area contributed by atoms with E-state index in [2.05, 4.69) is 0 Å². The number of amides is 1. The summed E-state index contributed by atoms with van der Waals surface area (Å²) >= 11 is 11.4. The Labute approximate surface area is 99.8 Å². The fraction of sp³-hybridized carbons (Fsp3) is 0.364. The number of carbonyl (C=O) groups excluding carboxylic acids is 1. The van der Waals surface area contributed by atoms with Crippen molar-refractivity contribution in [1.82, 2.24) is 4.90 Å². The predicted molar refractivity (Wildman–Crippen MR) is 63.5 cm³/mol. The molecule has 0 unspecified atom stereocenters. The maximum Gasteiger partial charge on any atom is 0.237 e. The Balaban J connectivity index is 2.50. The molecule has 0 heterocycles. The van der Waals surface area contributed by atoms with E-state index in [4.69, 9.17) is 23.2 Å². The van der Waals surface area contributed by atoms with E-state index in [1.54, 1.807) is 11.9 Å². The number of hydrogen-bond donors (Lipinski definition) is 0. The van der Waals surface area contributed by atoms with E-state index >= 15 is 0 Å². The van der Waals surface area contributed by atoms with Crippen LogP contribution in [0.1, 0.15) is 5.56 Å². The molecule has 0 fully saturated rings. The van der Waals surface area contributed by atoms with Crippen LogP contribution in [0.15, 0.2) is 24.3 Å². The normalized spacial score (nSPS) is 10.1. The van der Waals surface area contributed by atoms with Crippen molar-refractivity contribution in [3.63, 3.8) is 0 Å². The first-order chi connectivity index (χ1) is 7.15. The molecule has 1 aromatic carbocycles. The third-order valence-electron chi connectivity index (χ3n) is 2.21. The van der Waals surface area contributed by atoms with Crippen molar-refractivity contribution in [2.75, 3.05) is 19.5 Å². The van der Waals surface area contributed by atoms with Gasteiger partial charge >= 0.3 is 0 Å². The highest BCUT2D eigenvalue weighted by Gasteiger charge is 2.07. The van der Waals surface area contributed by atoms with Crippen molar-refractivity contribution in [3.05, 3.63) is 34.9 Å². The van der Waals surface area contributed by atoms with E-state index in [1.165, 1.54) is 0 Å². The molecular weight excluding hydrogens is 233 g/mol. The topological polar surface area (TPSA) is 20.3 Å². The molecule has 1 aromatic rings. The summed E-state index contributed by atoms with van der Waals surface area (Å²) in [5, 5.41) is 0.740. The van der Waals surface area contributed by atoms with Gasteiger partial charge in [0.05, 0.1) is 0 Å². The first kappa shape index (κ1) is 12.3. The van der Waals surface area contributed by atoms with Crippen molar-refractivity contribution in [3.8, 4) is 0 Å². The van der Waals surface area contributed by atoms with Crippen LogP contribution in [-0.2, 0) is 11.2 Å². The zero-order valence-corrected chi connectivity index (χ0v) is 10.1. The van der Waals surface area contributed by atoms with Gasteiger partial charge in [0, 0.05) is 18.6 Å². The third-order valence-corrected chi connectivity index (χ3v) is 2.81. The van der Waals surface area contributed by atoms with Gasteiger partial charge in [-0.3, -0.25) is 4.79 Å². The lowest BCUT2D eigenvalue weighted by atomic mass is 10.1. The molecule has 0 aliphatic heterocycles. The molecule has 0 N–H and O–H groups in total. The van der Waals surface area contributed by atoms with Crippen LogP contribution in [0.3, 0.4) is 0 Å². The van der Waals surface area contributed by atoms with Crippen LogP contribution in [0.25, 0.3) is 0 Å². The van der Waals surface area contributed by atoms with E-state index in [0.717, 1.165) is 17.0 Å². The minimum Gasteiger partial charge on any atom is -0.344 e. The minimum atomic E-state index is -0.0660. The van der Waals surface area contributed by atoms with Gasteiger partial charge in [-0.2, -0.15) is 0 Å². The van der Waals surface area contributed by atoms with Gasteiger partial charge in [-0.1, -0.05) is 29.8 Å². The van der Waals surface area contributed by atoms with Crippen LogP contribution in [0, 0.1) is 0 Å². The molecule has 0 saturated heterocycles. The smallest absolute Gasteiger partial charge is 0.237 e. The first-order valence-corrected chi connectivity index (χ1v) is 5.59. The summed E-state index contributed by atoms with van der Waals surface area (Å²) < 4.78 is 0. The second kappa shape index (κ2) is 5.99. The lowest BCUT2D eigenvalue weighted by Gasteiger charge is -2.15. The quantitative estimate of drug-likeness (QED) is 0.748. The molecule has 0 aliphatic rings. The molecular formula is C11H13Cl2NO. The average molecular weight is 246 g/mol. The Morgan fingerprint density at radius 2 is 2.07 bits per heavy atom. The zero-order valence-electron chi connectivity index (χ0n) is 8.54. The monoisotopic (exact) mass is 245 g/mol. The highest BCUT2D eigenvalue weighted by molar-refractivity contribution is 6.31. The van der Waals surface area contributed by atoms with Crippen molar-refractivity contribution in [1.29, 1.82) is 0 Å². The van der Waals surface area contributed by atoms with Crippen molar-refractivity contribution >= 4 is 29.1 Å². The fourth-order valence-electron chi connectivity index (χ4n) is 1.22. The van der Waals surface area contributed by atoms with Crippen molar-refractivity contribution in [2.24, 2.45) is 0 Å². The number of alkyl halides is 1. The summed E-state index contributed by atoms with van der Waals surface area (Å²) in [4.78, 5) is 12.8. The highest BCUT2D eigenvalue weighted by Crippen LogP contribution is 2.15. The minimum absolute atomic E-state index is 0.0268. The third kappa shape index (κ3) is 3.73. The largest absolute Gasteiger partial charge is 0.344 e. The molecule has 0 saturated carbocycles. The highest BCUT2D eigenvalue weighted by atomic mass is 35.5. The Morgan fingerprint density at radius 3 is 2.67 bits per heavy atom. The molecule has 0 aliphatic carbocycles. The second-order valence-electron chi connectivity index (χ2n) is 3.29. The SMILES string of the molecule is CN(CCc1ccccc1Cl)C(=O)CCl. The second-order valence-corrected chi connectivity index (χ2v) is 3.96. The standard InChI is InChI=1S/C11H13Cl2NO/c1-14(11(15)8-12)7-6-9-4-2-3-5-10(9)13/h2-5H,6-8H2,1H3.